The summed E-state index contributed by atoms with van der Waals surface area (Å²) in [4.78, 5) is 12.4. The molecule has 1 aromatic carbocycles. The van der Waals surface area contributed by atoms with Gasteiger partial charge in [0.15, 0.2) is 17.3 Å². The zero-order chi connectivity index (χ0) is 14.5. The molecule has 0 saturated heterocycles. The largest absolute Gasteiger partial charge is 0.493 e. The number of fused-ring (bicyclic) bond motifs is 1. The number of unbranched alkanes of at least 4 members (excludes halogenated alkanes) is 2. The van der Waals surface area contributed by atoms with E-state index < -0.39 is 0 Å². The van der Waals surface area contributed by atoms with Crippen molar-refractivity contribution in [3.63, 3.8) is 0 Å². The van der Waals surface area contributed by atoms with Gasteiger partial charge in [0.1, 0.15) is 0 Å². The second kappa shape index (κ2) is 7.11. The van der Waals surface area contributed by atoms with Crippen LogP contribution in [0.25, 0.3) is 0 Å². The van der Waals surface area contributed by atoms with Crippen LogP contribution in [-0.4, -0.2) is 25.3 Å². The molecule has 3 nitrogen and oxygen atoms in total. The number of carbonyl (C=O) groups is 1. The molecule has 0 bridgehead atoms. The van der Waals surface area contributed by atoms with E-state index in [1.807, 2.05) is 12.1 Å². The van der Waals surface area contributed by atoms with E-state index in [2.05, 4.69) is 15.9 Å². The molecule has 0 fully saturated rings. The van der Waals surface area contributed by atoms with Crippen LogP contribution in [0, 0.1) is 5.92 Å². The van der Waals surface area contributed by atoms with E-state index in [1.54, 1.807) is 14.2 Å². The molecular weight excluding hydrogens is 320 g/mol. The second-order valence-corrected chi connectivity index (χ2v) is 5.96. The maximum atomic E-state index is 12.4. The van der Waals surface area contributed by atoms with Gasteiger partial charge < -0.3 is 9.47 Å². The van der Waals surface area contributed by atoms with Crippen molar-refractivity contribution in [2.45, 2.75) is 32.1 Å². The first-order chi connectivity index (χ1) is 9.71. The number of rotatable bonds is 7. The molecule has 2 rings (SSSR count). The van der Waals surface area contributed by atoms with E-state index >= 15 is 0 Å². The molecule has 1 unspecified atom stereocenters. The fourth-order valence-electron chi connectivity index (χ4n) is 2.79. The van der Waals surface area contributed by atoms with Gasteiger partial charge in [0.2, 0.25) is 0 Å². The van der Waals surface area contributed by atoms with Crippen LogP contribution in [0.2, 0.25) is 0 Å². The van der Waals surface area contributed by atoms with Gasteiger partial charge in [-0.3, -0.25) is 4.79 Å². The first-order valence-electron chi connectivity index (χ1n) is 7.06. The van der Waals surface area contributed by atoms with Crippen LogP contribution in [0.4, 0.5) is 0 Å². The topological polar surface area (TPSA) is 35.5 Å². The van der Waals surface area contributed by atoms with Crippen molar-refractivity contribution >= 4 is 21.7 Å². The molecule has 0 aromatic heterocycles. The number of hydrogen-bond donors (Lipinski definition) is 0. The molecular formula is C16H21BrO3. The van der Waals surface area contributed by atoms with Gasteiger partial charge in [-0.2, -0.15) is 0 Å². The molecule has 110 valence electrons. The predicted octanol–water partition coefficient (Wildman–Crippen LogP) is 4.01. The lowest BCUT2D eigenvalue weighted by Crippen LogP contribution is -2.08. The number of ether oxygens (including phenoxy) is 2. The van der Waals surface area contributed by atoms with Crippen LogP contribution >= 0.6 is 15.9 Å². The highest BCUT2D eigenvalue weighted by molar-refractivity contribution is 9.09. The molecule has 0 saturated carbocycles. The van der Waals surface area contributed by atoms with Crippen LogP contribution in [0.15, 0.2) is 12.1 Å². The van der Waals surface area contributed by atoms with Crippen LogP contribution < -0.4 is 9.47 Å². The number of hydrogen-bond acceptors (Lipinski definition) is 3. The minimum Gasteiger partial charge on any atom is -0.493 e. The molecule has 20 heavy (non-hydrogen) atoms. The van der Waals surface area contributed by atoms with Crippen LogP contribution in [0.3, 0.4) is 0 Å². The fraction of sp³-hybridized carbons (Fsp3) is 0.562. The Bertz CT molecular complexity index is 485. The van der Waals surface area contributed by atoms with Crippen LogP contribution in [0.1, 0.15) is 41.6 Å². The Hall–Kier alpha value is -1.03. The van der Waals surface area contributed by atoms with Crippen molar-refractivity contribution in [2.24, 2.45) is 5.92 Å². The Morgan fingerprint density at radius 3 is 2.50 bits per heavy atom. The van der Waals surface area contributed by atoms with E-state index in [9.17, 15) is 4.79 Å². The maximum Gasteiger partial charge on any atom is 0.166 e. The number of carbonyl (C=O) groups excluding carboxylic acids is 1. The smallest absolute Gasteiger partial charge is 0.166 e. The summed E-state index contributed by atoms with van der Waals surface area (Å²) in [6.45, 7) is 0. The number of benzene rings is 1. The summed E-state index contributed by atoms with van der Waals surface area (Å²) in [5, 5.41) is 1.04. The molecule has 0 aliphatic heterocycles. The quantitative estimate of drug-likeness (QED) is 0.555. The van der Waals surface area contributed by atoms with Crippen molar-refractivity contribution in [3.05, 3.63) is 23.3 Å². The number of methoxy groups -OCH3 is 2. The van der Waals surface area contributed by atoms with E-state index in [0.29, 0.717) is 11.5 Å². The first-order valence-corrected chi connectivity index (χ1v) is 8.18. The minimum atomic E-state index is 0.136. The lowest BCUT2D eigenvalue weighted by Gasteiger charge is -2.09. The molecule has 0 radical (unpaired) electrons. The summed E-state index contributed by atoms with van der Waals surface area (Å²) in [5.41, 5.74) is 1.91. The van der Waals surface area contributed by atoms with Gasteiger partial charge in [0.25, 0.3) is 0 Å². The molecule has 0 heterocycles. The van der Waals surface area contributed by atoms with E-state index in [4.69, 9.17) is 9.47 Å². The standard InChI is InChI=1S/C16H21BrO3/c1-19-14-9-12-8-11(6-4-3-5-7-17)16(18)13(12)10-15(14)20-2/h9-11H,3-8H2,1-2H3. The molecule has 1 atom stereocenters. The highest BCUT2D eigenvalue weighted by Crippen LogP contribution is 2.38. The van der Waals surface area contributed by atoms with E-state index in [1.165, 1.54) is 12.8 Å². The SMILES string of the molecule is COc1cc2c(cc1OC)C(=O)C(CCCCCBr)C2. The highest BCUT2D eigenvalue weighted by atomic mass is 79.9. The van der Waals surface area contributed by atoms with Crippen molar-refractivity contribution in [3.8, 4) is 11.5 Å². The molecule has 1 aromatic rings. The van der Waals surface area contributed by atoms with E-state index in [-0.39, 0.29) is 11.7 Å². The molecule has 0 N–H and O–H groups in total. The highest BCUT2D eigenvalue weighted by Gasteiger charge is 2.31. The minimum absolute atomic E-state index is 0.136. The van der Waals surface area contributed by atoms with E-state index in [0.717, 1.165) is 35.7 Å². The maximum absolute atomic E-state index is 12.4. The van der Waals surface area contributed by atoms with Gasteiger partial charge in [0.05, 0.1) is 14.2 Å². The second-order valence-electron chi connectivity index (χ2n) is 5.17. The Labute approximate surface area is 128 Å². The first kappa shape index (κ1) is 15.4. The fourth-order valence-corrected chi connectivity index (χ4v) is 3.19. The van der Waals surface area contributed by atoms with Crippen molar-refractivity contribution in [2.75, 3.05) is 19.5 Å². The average Bonchev–Trinajstić information content (AvgIpc) is 2.78. The van der Waals surface area contributed by atoms with Crippen molar-refractivity contribution < 1.29 is 14.3 Å². The molecule has 1 aliphatic rings. The Kier molecular flexibility index (Phi) is 5.46. The van der Waals surface area contributed by atoms with Gasteiger partial charge in [-0.05, 0) is 37.0 Å². The number of ketones is 1. The lowest BCUT2D eigenvalue weighted by atomic mass is 9.97. The third-order valence-electron chi connectivity index (χ3n) is 3.90. The summed E-state index contributed by atoms with van der Waals surface area (Å²) in [5.74, 6) is 1.75. The Morgan fingerprint density at radius 1 is 1.15 bits per heavy atom. The summed E-state index contributed by atoms with van der Waals surface area (Å²) in [7, 11) is 3.22. The summed E-state index contributed by atoms with van der Waals surface area (Å²) in [6, 6.07) is 3.78. The summed E-state index contributed by atoms with van der Waals surface area (Å²) in [6.07, 6.45) is 5.28. The lowest BCUT2D eigenvalue weighted by molar-refractivity contribution is 0.0929. The molecule has 0 amide bonds. The molecule has 0 spiro atoms. The third-order valence-corrected chi connectivity index (χ3v) is 4.46. The Morgan fingerprint density at radius 2 is 1.85 bits per heavy atom. The average molecular weight is 341 g/mol. The zero-order valence-electron chi connectivity index (χ0n) is 12.1. The predicted molar refractivity (Wildman–Crippen MR) is 83.3 cm³/mol. The third kappa shape index (κ3) is 3.17. The number of Topliss-reactive ketones (excluding diaryl/α,β-unsaturated/α-hetero) is 1. The van der Waals surface area contributed by atoms with Gasteiger partial charge in [-0.1, -0.05) is 28.8 Å². The van der Waals surface area contributed by atoms with Gasteiger partial charge in [0, 0.05) is 16.8 Å². The summed E-state index contributed by atoms with van der Waals surface area (Å²) >= 11 is 3.44. The number of alkyl halides is 1. The van der Waals surface area contributed by atoms with Gasteiger partial charge >= 0.3 is 0 Å². The molecule has 1 aliphatic carbocycles. The summed E-state index contributed by atoms with van der Waals surface area (Å²) < 4.78 is 10.6. The van der Waals surface area contributed by atoms with Crippen LogP contribution in [-0.2, 0) is 6.42 Å². The van der Waals surface area contributed by atoms with Gasteiger partial charge in [-0.15, -0.1) is 0 Å². The monoisotopic (exact) mass is 340 g/mol. The zero-order valence-corrected chi connectivity index (χ0v) is 13.7. The Balaban J connectivity index is 2.08. The molecule has 4 heteroatoms. The number of halogens is 1. The van der Waals surface area contributed by atoms with Gasteiger partial charge in [-0.25, -0.2) is 0 Å². The van der Waals surface area contributed by atoms with Crippen molar-refractivity contribution in [1.82, 2.24) is 0 Å². The van der Waals surface area contributed by atoms with Crippen molar-refractivity contribution in [1.29, 1.82) is 0 Å². The van der Waals surface area contributed by atoms with Crippen LogP contribution in [0.5, 0.6) is 11.5 Å². The normalized spacial score (nSPS) is 17.1.